The van der Waals surface area contributed by atoms with E-state index in [9.17, 15) is 86.5 Å². The van der Waals surface area contributed by atoms with Crippen molar-refractivity contribution in [1.82, 2.24) is 5.32 Å². The molecular weight excluding hydrogens is 814 g/mol. The van der Waals surface area contributed by atoms with Crippen LogP contribution in [0.25, 0.3) is 0 Å². The monoisotopic (exact) mass is 869 g/mol. The van der Waals surface area contributed by atoms with Crippen molar-refractivity contribution in [2.75, 3.05) is 33.0 Å². The average Bonchev–Trinajstić information content (AvgIpc) is 3.21. The van der Waals surface area contributed by atoms with E-state index in [-0.39, 0.29) is 0 Å². The van der Waals surface area contributed by atoms with Crippen LogP contribution in [0.15, 0.2) is 0 Å². The van der Waals surface area contributed by atoms with Crippen molar-refractivity contribution in [1.29, 1.82) is 0 Å². The molecule has 0 saturated carbocycles. The van der Waals surface area contributed by atoms with Gasteiger partial charge in [-0.3, -0.25) is 4.79 Å². The predicted molar refractivity (Wildman–Crippen MR) is 178 cm³/mol. The van der Waals surface area contributed by atoms with Gasteiger partial charge in [0, 0.05) is 6.92 Å². The number of ether oxygens (including phenoxy) is 9. The Bertz CT molecular complexity index is 1320. The van der Waals surface area contributed by atoms with E-state index in [1.165, 1.54) is 0 Å². The van der Waals surface area contributed by atoms with Gasteiger partial charge >= 0.3 is 0 Å². The molecule has 0 aromatic heterocycles. The molecule has 59 heavy (non-hydrogen) atoms. The molecule has 1 amide bonds. The molecule has 0 aliphatic carbocycles. The van der Waals surface area contributed by atoms with E-state index in [0.29, 0.717) is 0 Å². The van der Waals surface area contributed by atoms with Crippen molar-refractivity contribution in [2.45, 2.75) is 160 Å². The Morgan fingerprint density at radius 3 is 1.24 bits per heavy atom. The van der Waals surface area contributed by atoms with Crippen LogP contribution in [0, 0.1) is 0 Å². The Balaban J connectivity index is 1.35. The molecule has 0 aromatic rings. The van der Waals surface area contributed by atoms with Crippen LogP contribution in [0.5, 0.6) is 0 Å². The highest BCUT2D eigenvalue weighted by Gasteiger charge is 2.57. The molecule has 0 aromatic carbocycles. The minimum Gasteiger partial charge on any atom is -0.394 e. The number of nitrogens with one attached hydrogen (secondary N) is 1. The number of amides is 1. The van der Waals surface area contributed by atoms with E-state index < -0.39 is 192 Å². The van der Waals surface area contributed by atoms with Crippen LogP contribution in [0.1, 0.15) is 6.92 Å². The van der Waals surface area contributed by atoms with Gasteiger partial charge in [-0.25, -0.2) is 0 Å². The first kappa shape index (κ1) is 48.5. The van der Waals surface area contributed by atoms with E-state index in [4.69, 9.17) is 42.6 Å². The van der Waals surface area contributed by atoms with Gasteiger partial charge in [0.25, 0.3) is 0 Å². The van der Waals surface area contributed by atoms with E-state index >= 15 is 0 Å². The molecule has 5 fully saturated rings. The smallest absolute Gasteiger partial charge is 0.217 e. The topological polar surface area (TPSA) is 436 Å². The zero-order valence-electron chi connectivity index (χ0n) is 31.2. The van der Waals surface area contributed by atoms with Crippen molar-refractivity contribution in [3.05, 3.63) is 0 Å². The number of carbonyl (C=O) groups is 1. The maximum Gasteiger partial charge on any atom is 0.217 e. The molecule has 0 radical (unpaired) electrons. The summed E-state index contributed by atoms with van der Waals surface area (Å²) >= 11 is 0. The van der Waals surface area contributed by atoms with Crippen LogP contribution < -0.4 is 5.32 Å². The lowest BCUT2D eigenvalue weighted by Gasteiger charge is -2.50. The lowest BCUT2D eigenvalue weighted by molar-refractivity contribution is -0.386. The fourth-order valence-electron chi connectivity index (χ4n) is 7.43. The Morgan fingerprint density at radius 1 is 0.407 bits per heavy atom. The number of aliphatic hydroxyl groups excluding tert-OH is 16. The van der Waals surface area contributed by atoms with Gasteiger partial charge in [0.2, 0.25) is 5.91 Å². The lowest BCUT2D eigenvalue weighted by atomic mass is 9.94. The highest BCUT2D eigenvalue weighted by Crippen LogP contribution is 2.35. The molecule has 5 aliphatic rings. The van der Waals surface area contributed by atoms with Crippen LogP contribution >= 0.6 is 0 Å². The molecule has 0 bridgehead atoms. The number of carbonyl (C=O) groups excluding carboxylic acids is 1. The minimum absolute atomic E-state index is 0.817. The third-order valence-electron chi connectivity index (χ3n) is 10.7. The Hall–Kier alpha value is -1.53. The second-order valence-electron chi connectivity index (χ2n) is 14.7. The maximum atomic E-state index is 12.4. The zero-order chi connectivity index (χ0) is 43.6. The highest BCUT2D eigenvalue weighted by molar-refractivity contribution is 5.73. The van der Waals surface area contributed by atoms with Gasteiger partial charge in [-0.05, 0) is 0 Å². The quantitative estimate of drug-likeness (QED) is 0.0770. The fourth-order valence-corrected chi connectivity index (χ4v) is 7.43. The fraction of sp³-hybridized carbons (Fsp3) is 0.969. The number of hydrogen-bond acceptors (Lipinski definition) is 26. The first-order valence-electron chi connectivity index (χ1n) is 18.6. The Morgan fingerprint density at radius 2 is 0.780 bits per heavy atom. The van der Waals surface area contributed by atoms with Gasteiger partial charge in [-0.2, -0.15) is 0 Å². The van der Waals surface area contributed by atoms with Gasteiger partial charge in [0.05, 0.1) is 33.0 Å². The second-order valence-corrected chi connectivity index (χ2v) is 14.7. The molecular formula is C32H55NO26. The summed E-state index contributed by atoms with van der Waals surface area (Å²) in [5.41, 5.74) is 0. The summed E-state index contributed by atoms with van der Waals surface area (Å²) in [6.07, 6.45) is -44.3. The molecule has 5 saturated heterocycles. The van der Waals surface area contributed by atoms with Crippen LogP contribution in [0.2, 0.25) is 0 Å². The standard InChI is InChI=1S/C32H55NO26/c1-7(39)33-13-17(43)24(56-31-23(49)27(16(42)10(4-36)53-31)59-30-21(47)18(44)14(40)8(2-34)52-30)12(6-38)55-29(13)58-26-15(41)9(3-35)54-32(22(26)48)57-25-11(5-37)51-28(50)20(46)19(25)45/h8-32,34-38,40-50H,2-6H2,1H3,(H,33,39)/t8-,9-,10-,11-,12-,13-,14+,15+,16+,17-,18+,19-,20-,21-,22-,23-,24+,25-,26+,27+,28-,29+,30-,31+,32+/m1/s1. The van der Waals surface area contributed by atoms with Gasteiger partial charge in [-0.15, -0.1) is 0 Å². The van der Waals surface area contributed by atoms with Gasteiger partial charge in [0.15, 0.2) is 31.5 Å². The first-order valence-corrected chi connectivity index (χ1v) is 18.6. The van der Waals surface area contributed by atoms with Crippen LogP contribution in [-0.4, -0.2) is 274 Å². The van der Waals surface area contributed by atoms with Gasteiger partial charge < -0.3 is 130 Å². The summed E-state index contributed by atoms with van der Waals surface area (Å²) in [7, 11) is 0. The summed E-state index contributed by atoms with van der Waals surface area (Å²) in [4.78, 5) is 12.4. The molecule has 5 rings (SSSR count). The molecule has 5 heterocycles. The second kappa shape index (κ2) is 20.8. The van der Waals surface area contributed by atoms with Crippen molar-refractivity contribution in [3.63, 3.8) is 0 Å². The summed E-state index contributed by atoms with van der Waals surface area (Å²) < 4.78 is 50.0. The summed E-state index contributed by atoms with van der Waals surface area (Å²) in [6.45, 7) is -3.57. The largest absolute Gasteiger partial charge is 0.394 e. The molecule has 5 aliphatic heterocycles. The molecule has 27 heteroatoms. The van der Waals surface area contributed by atoms with E-state index in [1.54, 1.807) is 0 Å². The molecule has 344 valence electrons. The highest BCUT2D eigenvalue weighted by atomic mass is 16.8. The number of hydrogen-bond donors (Lipinski definition) is 17. The van der Waals surface area contributed by atoms with E-state index in [2.05, 4.69) is 5.32 Å². The minimum atomic E-state index is -2.09. The third-order valence-corrected chi connectivity index (χ3v) is 10.7. The first-order chi connectivity index (χ1) is 27.9. The van der Waals surface area contributed by atoms with Crippen LogP contribution in [-0.2, 0) is 47.4 Å². The van der Waals surface area contributed by atoms with Crippen molar-refractivity contribution in [3.8, 4) is 0 Å². The summed E-state index contributed by atoms with van der Waals surface area (Å²) in [5.74, 6) is -0.817. The zero-order valence-corrected chi connectivity index (χ0v) is 31.2. The van der Waals surface area contributed by atoms with Gasteiger partial charge in [0.1, 0.15) is 122 Å². The summed E-state index contributed by atoms with van der Waals surface area (Å²) in [6, 6.07) is -1.72. The molecule has 17 N–H and O–H groups in total. The molecule has 27 nitrogen and oxygen atoms in total. The number of aliphatic hydroxyl groups is 16. The number of rotatable bonds is 14. The Labute approximate surface area is 333 Å². The lowest BCUT2D eigenvalue weighted by Crippen LogP contribution is -2.70. The van der Waals surface area contributed by atoms with E-state index in [1.807, 2.05) is 0 Å². The summed E-state index contributed by atoms with van der Waals surface area (Å²) in [5, 5.41) is 169. The maximum absolute atomic E-state index is 12.4. The van der Waals surface area contributed by atoms with Crippen LogP contribution in [0.4, 0.5) is 0 Å². The normalized spacial score (nSPS) is 51.0. The third kappa shape index (κ3) is 10.2. The van der Waals surface area contributed by atoms with Crippen molar-refractivity contribution in [2.24, 2.45) is 0 Å². The molecule has 0 unspecified atom stereocenters. The molecule has 0 spiro atoms. The average molecular weight is 870 g/mol. The van der Waals surface area contributed by atoms with Crippen molar-refractivity contribution >= 4 is 5.91 Å². The Kier molecular flexibility index (Phi) is 17.1. The van der Waals surface area contributed by atoms with E-state index in [0.717, 1.165) is 6.92 Å². The van der Waals surface area contributed by atoms with Crippen LogP contribution in [0.3, 0.4) is 0 Å². The SMILES string of the molecule is CC(=O)N[C@H]1[C@H](O[C@H]2[C@@H](O)[C@@H](CO)O[C@@H](O[C@H]3[C@H](O)[C@@H](O)[C@H](O)O[C@@H]3CO)[C@@H]2O)O[C@H](CO)[C@H](O[C@@H]2O[C@H](CO)[C@H](O)[C@H](O[C@H]3O[C@H](CO)[C@H](O)[C@H](O)[C@H]3O)[C@H]2O)[C@@H]1O. The van der Waals surface area contributed by atoms with Gasteiger partial charge in [-0.1, -0.05) is 0 Å². The predicted octanol–water partition coefficient (Wildman–Crippen LogP) is -11.8. The van der Waals surface area contributed by atoms with Crippen molar-refractivity contribution < 1.29 is 129 Å². The molecule has 25 atom stereocenters.